The van der Waals surface area contributed by atoms with Gasteiger partial charge in [-0.15, -0.1) is 0 Å². The molecule has 0 saturated heterocycles. The summed E-state index contributed by atoms with van der Waals surface area (Å²) in [6, 6.07) is 23.1. The zero-order valence-electron chi connectivity index (χ0n) is 18.5. The number of benzene rings is 2. The Balaban J connectivity index is 1.46. The molecule has 0 aliphatic heterocycles. The van der Waals surface area contributed by atoms with Gasteiger partial charge in [-0.05, 0) is 67.4 Å². The van der Waals surface area contributed by atoms with E-state index in [0.717, 1.165) is 39.1 Å². The molecule has 0 fully saturated rings. The molecule has 0 atom stereocenters. The Morgan fingerprint density at radius 1 is 0.909 bits per heavy atom. The second-order valence-corrected chi connectivity index (χ2v) is 8.49. The first kappa shape index (κ1) is 22.4. The molecule has 1 N–H and O–H groups in total. The van der Waals surface area contributed by atoms with Gasteiger partial charge in [0.15, 0.2) is 5.16 Å². The van der Waals surface area contributed by atoms with Gasteiger partial charge in [0.05, 0.1) is 5.69 Å². The van der Waals surface area contributed by atoms with E-state index >= 15 is 0 Å². The Hall–Kier alpha value is -3.77. The third-order valence-electron chi connectivity index (χ3n) is 4.86. The van der Waals surface area contributed by atoms with E-state index in [1.54, 1.807) is 6.20 Å². The van der Waals surface area contributed by atoms with Gasteiger partial charge in [-0.2, -0.15) is 0 Å². The van der Waals surface area contributed by atoms with Crippen LogP contribution in [0.1, 0.15) is 38.6 Å². The fourth-order valence-corrected chi connectivity index (χ4v) is 4.30. The maximum atomic E-state index is 13.1. The number of amides is 1. The lowest BCUT2D eigenvalue weighted by molar-refractivity contribution is 0.102. The maximum absolute atomic E-state index is 13.1. The molecule has 0 aliphatic rings. The molecule has 1 amide bonds. The van der Waals surface area contributed by atoms with Crippen molar-refractivity contribution < 1.29 is 4.79 Å². The molecule has 4 aromatic rings. The Morgan fingerprint density at radius 2 is 1.70 bits per heavy atom. The summed E-state index contributed by atoms with van der Waals surface area (Å²) in [5.41, 5.74) is 6.06. The summed E-state index contributed by atoms with van der Waals surface area (Å²) in [6.45, 7) is 3.92. The molecule has 33 heavy (non-hydrogen) atoms. The van der Waals surface area contributed by atoms with Crippen molar-refractivity contribution in [3.05, 3.63) is 113 Å². The normalized spacial score (nSPS) is 11.0. The van der Waals surface area contributed by atoms with Crippen molar-refractivity contribution in [2.45, 2.75) is 24.8 Å². The molecule has 6 heteroatoms. The van der Waals surface area contributed by atoms with E-state index in [9.17, 15) is 4.79 Å². The smallest absolute Gasteiger partial charge is 0.255 e. The quantitative estimate of drug-likeness (QED) is 0.267. The van der Waals surface area contributed by atoms with E-state index in [-0.39, 0.29) is 5.91 Å². The minimum atomic E-state index is -0.140. The zero-order chi connectivity index (χ0) is 23.0. The lowest BCUT2D eigenvalue weighted by Crippen LogP contribution is -2.14. The summed E-state index contributed by atoms with van der Waals surface area (Å²) >= 11 is 1.53. The zero-order valence-corrected chi connectivity index (χ0v) is 19.3. The molecule has 0 unspecified atom stereocenters. The van der Waals surface area contributed by atoms with Gasteiger partial charge in [0.2, 0.25) is 0 Å². The van der Waals surface area contributed by atoms with Crippen molar-refractivity contribution in [1.29, 1.82) is 0 Å². The summed E-state index contributed by atoms with van der Waals surface area (Å²) in [7, 11) is 0. The van der Waals surface area contributed by atoms with Crippen molar-refractivity contribution >= 4 is 35.5 Å². The predicted octanol–water partition coefficient (Wildman–Crippen LogP) is 6.20. The van der Waals surface area contributed by atoms with E-state index in [1.165, 1.54) is 11.8 Å². The number of hydrogen-bond acceptors (Lipinski definition) is 5. The number of pyridine rings is 1. The molecule has 0 aliphatic carbocycles. The highest BCUT2D eigenvalue weighted by Crippen LogP contribution is 2.23. The lowest BCUT2D eigenvalue weighted by atomic mass is 10.1. The predicted molar refractivity (Wildman–Crippen MR) is 135 cm³/mol. The standard InChI is InChI=1S/C27H24N4OS/c1-19-16-20(2)30-27(29-19)33-18-22-9-3-4-12-25(22)26(32)31-24-11-7-8-21(17-24)13-14-23-10-5-6-15-28-23/h3-17H,18H2,1-2H3,(H,31,32)/b14-13+. The largest absolute Gasteiger partial charge is 0.322 e. The second-order valence-electron chi connectivity index (χ2n) is 7.55. The SMILES string of the molecule is Cc1cc(C)nc(SCc2ccccc2C(=O)Nc2cccc(/C=C/c3ccccn3)c2)n1. The number of aromatic nitrogens is 3. The number of nitrogens with one attached hydrogen (secondary N) is 1. The highest BCUT2D eigenvalue weighted by molar-refractivity contribution is 7.98. The first-order valence-electron chi connectivity index (χ1n) is 10.6. The van der Waals surface area contributed by atoms with Crippen LogP contribution in [0.5, 0.6) is 0 Å². The van der Waals surface area contributed by atoms with Gasteiger partial charge in [-0.3, -0.25) is 9.78 Å². The van der Waals surface area contributed by atoms with E-state index in [4.69, 9.17) is 0 Å². The number of aryl methyl sites for hydroxylation is 2. The molecule has 4 rings (SSSR count). The fraction of sp³-hybridized carbons (Fsp3) is 0.111. The molecule has 0 saturated carbocycles. The Morgan fingerprint density at radius 3 is 2.48 bits per heavy atom. The van der Waals surface area contributed by atoms with Crippen molar-refractivity contribution in [1.82, 2.24) is 15.0 Å². The van der Waals surface area contributed by atoms with E-state index in [1.807, 2.05) is 98.8 Å². The van der Waals surface area contributed by atoms with Gasteiger partial charge in [-0.25, -0.2) is 9.97 Å². The van der Waals surface area contributed by atoms with Crippen LogP contribution in [-0.2, 0) is 5.75 Å². The lowest BCUT2D eigenvalue weighted by Gasteiger charge is -2.11. The average Bonchev–Trinajstić information content (AvgIpc) is 2.82. The summed E-state index contributed by atoms with van der Waals surface area (Å²) in [5, 5.41) is 3.74. The van der Waals surface area contributed by atoms with E-state index < -0.39 is 0 Å². The number of anilines is 1. The summed E-state index contributed by atoms with van der Waals surface area (Å²) in [5.74, 6) is 0.470. The van der Waals surface area contributed by atoms with Crippen LogP contribution < -0.4 is 5.32 Å². The van der Waals surface area contributed by atoms with Crippen LogP contribution in [0.15, 0.2) is 84.1 Å². The van der Waals surface area contributed by atoms with Crippen LogP contribution in [0.3, 0.4) is 0 Å². The third-order valence-corrected chi connectivity index (χ3v) is 5.76. The minimum absolute atomic E-state index is 0.140. The third kappa shape index (κ3) is 6.37. The van der Waals surface area contributed by atoms with E-state index in [0.29, 0.717) is 11.3 Å². The van der Waals surface area contributed by atoms with Crippen molar-refractivity contribution in [3.63, 3.8) is 0 Å². The Kier molecular flexibility index (Phi) is 7.27. The first-order chi connectivity index (χ1) is 16.1. The topological polar surface area (TPSA) is 67.8 Å². The highest BCUT2D eigenvalue weighted by Gasteiger charge is 2.12. The highest BCUT2D eigenvalue weighted by atomic mass is 32.2. The van der Waals surface area contributed by atoms with Gasteiger partial charge in [0.1, 0.15) is 0 Å². The Labute approximate surface area is 198 Å². The van der Waals surface area contributed by atoms with Crippen molar-refractivity contribution in [2.24, 2.45) is 0 Å². The van der Waals surface area contributed by atoms with Crippen LogP contribution in [-0.4, -0.2) is 20.9 Å². The number of nitrogens with zero attached hydrogens (tertiary/aromatic N) is 3. The number of thioether (sulfide) groups is 1. The molecule has 2 aromatic heterocycles. The fourth-order valence-electron chi connectivity index (χ4n) is 3.34. The van der Waals surface area contributed by atoms with Crippen LogP contribution in [0.2, 0.25) is 0 Å². The molecule has 2 heterocycles. The summed E-state index contributed by atoms with van der Waals surface area (Å²) in [6.07, 6.45) is 5.69. The molecule has 2 aromatic carbocycles. The Bertz CT molecular complexity index is 1270. The van der Waals surface area contributed by atoms with Gasteiger partial charge < -0.3 is 5.32 Å². The van der Waals surface area contributed by atoms with Crippen molar-refractivity contribution in [2.75, 3.05) is 5.32 Å². The van der Waals surface area contributed by atoms with Gasteiger partial charge in [0, 0.05) is 34.6 Å². The maximum Gasteiger partial charge on any atom is 0.255 e. The van der Waals surface area contributed by atoms with Crippen LogP contribution in [0.25, 0.3) is 12.2 Å². The molecule has 164 valence electrons. The van der Waals surface area contributed by atoms with Gasteiger partial charge in [-0.1, -0.05) is 54.2 Å². The minimum Gasteiger partial charge on any atom is -0.322 e. The number of carbonyl (C=O) groups excluding carboxylic acids is 1. The molecular formula is C27H24N4OS. The van der Waals surface area contributed by atoms with E-state index in [2.05, 4.69) is 20.3 Å². The monoisotopic (exact) mass is 452 g/mol. The summed E-state index contributed by atoms with van der Waals surface area (Å²) < 4.78 is 0. The number of hydrogen-bond donors (Lipinski definition) is 1. The van der Waals surface area contributed by atoms with Gasteiger partial charge in [0.25, 0.3) is 5.91 Å². The van der Waals surface area contributed by atoms with Crippen LogP contribution in [0.4, 0.5) is 5.69 Å². The number of carbonyl (C=O) groups is 1. The van der Waals surface area contributed by atoms with Crippen molar-refractivity contribution in [3.8, 4) is 0 Å². The molecule has 5 nitrogen and oxygen atoms in total. The first-order valence-corrected chi connectivity index (χ1v) is 11.6. The van der Waals surface area contributed by atoms with Gasteiger partial charge >= 0.3 is 0 Å². The number of rotatable bonds is 7. The summed E-state index contributed by atoms with van der Waals surface area (Å²) in [4.78, 5) is 26.3. The van der Waals surface area contributed by atoms with Crippen LogP contribution in [0, 0.1) is 13.8 Å². The molecule has 0 bridgehead atoms. The van der Waals surface area contributed by atoms with Crippen LogP contribution >= 0.6 is 11.8 Å². The molecule has 0 radical (unpaired) electrons. The molecular weight excluding hydrogens is 428 g/mol. The molecule has 0 spiro atoms. The average molecular weight is 453 g/mol. The second kappa shape index (κ2) is 10.7.